The minimum Gasteiger partial charge on any atom is -0.336 e. The van der Waals surface area contributed by atoms with Gasteiger partial charge in [0.05, 0.1) is 5.69 Å². The molecule has 0 aliphatic carbocycles. The lowest BCUT2D eigenvalue weighted by Gasteiger charge is -2.36. The summed E-state index contributed by atoms with van der Waals surface area (Å²) in [5.74, 6) is 0.0459. The molecule has 1 saturated heterocycles. The molecule has 0 aromatic carbocycles. The summed E-state index contributed by atoms with van der Waals surface area (Å²) in [5.41, 5.74) is 2.02. The van der Waals surface area contributed by atoms with Gasteiger partial charge < -0.3 is 4.90 Å². The molecular weight excluding hydrogens is 266 g/mol. The summed E-state index contributed by atoms with van der Waals surface area (Å²) in [5, 5.41) is 4.37. The second kappa shape index (κ2) is 5.44. The second-order valence-electron chi connectivity index (χ2n) is 5.77. The normalized spacial score (nSPS) is 16.9. The van der Waals surface area contributed by atoms with Crippen LogP contribution in [0.4, 0.5) is 0 Å². The number of nitrogens with zero attached hydrogens (tertiary/aromatic N) is 5. The number of carbonyl (C=O) groups excluding carboxylic acids is 1. The van der Waals surface area contributed by atoms with Crippen LogP contribution in [0.2, 0.25) is 0 Å². The van der Waals surface area contributed by atoms with E-state index in [1.54, 1.807) is 10.7 Å². The van der Waals surface area contributed by atoms with E-state index in [9.17, 15) is 4.79 Å². The van der Waals surface area contributed by atoms with E-state index < -0.39 is 0 Å². The number of amides is 1. The van der Waals surface area contributed by atoms with Crippen LogP contribution >= 0.6 is 0 Å². The molecular formula is C15H21N5O. The predicted octanol–water partition coefficient (Wildman–Crippen LogP) is 1.20. The number of hydrogen-bond donors (Lipinski definition) is 0. The second-order valence-corrected chi connectivity index (χ2v) is 5.77. The number of aromatic nitrogens is 3. The van der Waals surface area contributed by atoms with Gasteiger partial charge in [-0.1, -0.05) is 0 Å². The number of rotatable bonds is 2. The molecule has 112 valence electrons. The fourth-order valence-corrected chi connectivity index (χ4v) is 2.85. The third kappa shape index (κ3) is 2.51. The third-order valence-corrected chi connectivity index (χ3v) is 4.12. The van der Waals surface area contributed by atoms with Gasteiger partial charge in [0, 0.05) is 44.6 Å². The van der Waals surface area contributed by atoms with E-state index in [0.717, 1.165) is 31.9 Å². The third-order valence-electron chi connectivity index (χ3n) is 4.12. The molecule has 0 radical (unpaired) electrons. The summed E-state index contributed by atoms with van der Waals surface area (Å²) < 4.78 is 1.67. The Kier molecular flexibility index (Phi) is 3.63. The largest absolute Gasteiger partial charge is 0.336 e. The first-order chi connectivity index (χ1) is 10.1. The van der Waals surface area contributed by atoms with Crippen molar-refractivity contribution in [2.45, 2.75) is 26.8 Å². The molecule has 0 N–H and O–H groups in total. The van der Waals surface area contributed by atoms with Gasteiger partial charge in [-0.05, 0) is 26.8 Å². The van der Waals surface area contributed by atoms with Crippen LogP contribution in [-0.2, 0) is 0 Å². The molecule has 2 aromatic rings. The number of aryl methyl sites for hydroxylation is 1. The topological polar surface area (TPSA) is 53.7 Å². The smallest absolute Gasteiger partial charge is 0.259 e. The fourth-order valence-electron chi connectivity index (χ4n) is 2.85. The Morgan fingerprint density at radius 2 is 1.95 bits per heavy atom. The van der Waals surface area contributed by atoms with E-state index in [4.69, 9.17) is 0 Å². The lowest BCUT2D eigenvalue weighted by molar-refractivity contribution is 0.0596. The average molecular weight is 287 g/mol. The Labute approximate surface area is 124 Å². The molecule has 3 heterocycles. The minimum absolute atomic E-state index is 0.0459. The molecule has 1 aliphatic rings. The van der Waals surface area contributed by atoms with E-state index in [0.29, 0.717) is 17.3 Å². The van der Waals surface area contributed by atoms with Gasteiger partial charge in [-0.25, -0.2) is 9.50 Å². The molecule has 1 amide bonds. The lowest BCUT2D eigenvalue weighted by Crippen LogP contribution is -2.50. The van der Waals surface area contributed by atoms with E-state index in [1.807, 2.05) is 24.1 Å². The molecule has 0 bridgehead atoms. The first-order valence-corrected chi connectivity index (χ1v) is 7.41. The molecule has 1 fully saturated rings. The summed E-state index contributed by atoms with van der Waals surface area (Å²) in [6.07, 6.45) is 3.52. The predicted molar refractivity (Wildman–Crippen MR) is 80.3 cm³/mol. The van der Waals surface area contributed by atoms with Crippen LogP contribution in [-0.4, -0.2) is 62.5 Å². The number of carbonyl (C=O) groups is 1. The maximum absolute atomic E-state index is 12.8. The summed E-state index contributed by atoms with van der Waals surface area (Å²) >= 11 is 0. The first kappa shape index (κ1) is 14.0. The first-order valence-electron chi connectivity index (χ1n) is 7.41. The summed E-state index contributed by atoms with van der Waals surface area (Å²) in [4.78, 5) is 21.4. The van der Waals surface area contributed by atoms with Crippen LogP contribution < -0.4 is 0 Å². The molecule has 6 nitrogen and oxygen atoms in total. The van der Waals surface area contributed by atoms with Crippen molar-refractivity contribution in [3.63, 3.8) is 0 Å². The van der Waals surface area contributed by atoms with Gasteiger partial charge in [0.2, 0.25) is 0 Å². The van der Waals surface area contributed by atoms with Crippen LogP contribution in [0.25, 0.3) is 5.65 Å². The van der Waals surface area contributed by atoms with Crippen molar-refractivity contribution in [3.05, 3.63) is 29.7 Å². The highest BCUT2D eigenvalue weighted by molar-refractivity contribution is 6.01. The van der Waals surface area contributed by atoms with Crippen LogP contribution in [0.5, 0.6) is 0 Å². The van der Waals surface area contributed by atoms with E-state index in [-0.39, 0.29) is 5.91 Å². The number of hydrogen-bond acceptors (Lipinski definition) is 4. The molecule has 1 aliphatic heterocycles. The number of piperazine rings is 1. The quantitative estimate of drug-likeness (QED) is 0.833. The van der Waals surface area contributed by atoms with Gasteiger partial charge in [0.15, 0.2) is 5.65 Å². The Morgan fingerprint density at radius 3 is 2.62 bits per heavy atom. The Bertz CT molecular complexity index is 655. The zero-order chi connectivity index (χ0) is 15.0. The van der Waals surface area contributed by atoms with E-state index >= 15 is 0 Å². The van der Waals surface area contributed by atoms with E-state index in [1.165, 1.54) is 0 Å². The molecule has 2 aromatic heterocycles. The summed E-state index contributed by atoms with van der Waals surface area (Å²) in [6.45, 7) is 9.63. The number of fused-ring (bicyclic) bond motifs is 1. The Morgan fingerprint density at radius 1 is 1.24 bits per heavy atom. The summed E-state index contributed by atoms with van der Waals surface area (Å²) in [6, 6.07) is 2.34. The van der Waals surface area contributed by atoms with Crippen molar-refractivity contribution in [2.24, 2.45) is 0 Å². The van der Waals surface area contributed by atoms with Gasteiger partial charge >= 0.3 is 0 Å². The van der Waals surface area contributed by atoms with Crippen LogP contribution in [0, 0.1) is 6.92 Å². The van der Waals surface area contributed by atoms with Gasteiger partial charge in [-0.2, -0.15) is 5.10 Å². The fraction of sp³-hybridized carbons (Fsp3) is 0.533. The maximum Gasteiger partial charge on any atom is 0.259 e. The molecule has 0 spiro atoms. The molecule has 0 saturated carbocycles. The maximum atomic E-state index is 12.8. The monoisotopic (exact) mass is 287 g/mol. The van der Waals surface area contributed by atoms with Crippen LogP contribution in [0.3, 0.4) is 0 Å². The van der Waals surface area contributed by atoms with Crippen molar-refractivity contribution >= 4 is 11.6 Å². The van der Waals surface area contributed by atoms with Gasteiger partial charge in [0.25, 0.3) is 5.91 Å². The SMILES string of the molecule is Cc1nn2cccnc2c1C(=O)N1CCN(C(C)C)CC1. The van der Waals surface area contributed by atoms with Gasteiger partial charge in [-0.15, -0.1) is 0 Å². The van der Waals surface area contributed by atoms with Crippen molar-refractivity contribution in [1.82, 2.24) is 24.4 Å². The van der Waals surface area contributed by atoms with Gasteiger partial charge in [-0.3, -0.25) is 9.69 Å². The standard InChI is InChI=1S/C15H21N5O/c1-11(2)18-7-9-19(10-8-18)15(21)13-12(3)17-20-6-4-5-16-14(13)20/h4-6,11H,7-10H2,1-3H3. The minimum atomic E-state index is 0.0459. The van der Waals surface area contributed by atoms with Crippen LogP contribution in [0.1, 0.15) is 29.9 Å². The molecule has 6 heteroatoms. The molecule has 3 rings (SSSR count). The van der Waals surface area contributed by atoms with Crippen molar-refractivity contribution < 1.29 is 4.79 Å². The molecule has 21 heavy (non-hydrogen) atoms. The Balaban J connectivity index is 1.83. The summed E-state index contributed by atoms with van der Waals surface area (Å²) in [7, 11) is 0. The van der Waals surface area contributed by atoms with E-state index in [2.05, 4.69) is 28.8 Å². The molecule has 0 unspecified atom stereocenters. The lowest BCUT2D eigenvalue weighted by atomic mass is 10.2. The molecule has 0 atom stereocenters. The van der Waals surface area contributed by atoms with Gasteiger partial charge in [0.1, 0.15) is 5.56 Å². The zero-order valence-electron chi connectivity index (χ0n) is 12.8. The highest BCUT2D eigenvalue weighted by Gasteiger charge is 2.27. The van der Waals surface area contributed by atoms with Crippen molar-refractivity contribution in [1.29, 1.82) is 0 Å². The average Bonchev–Trinajstić information content (AvgIpc) is 2.82. The van der Waals surface area contributed by atoms with Crippen molar-refractivity contribution in [3.8, 4) is 0 Å². The highest BCUT2D eigenvalue weighted by atomic mass is 16.2. The Hall–Kier alpha value is -1.95. The highest BCUT2D eigenvalue weighted by Crippen LogP contribution is 2.17. The van der Waals surface area contributed by atoms with Crippen molar-refractivity contribution in [2.75, 3.05) is 26.2 Å². The zero-order valence-corrected chi connectivity index (χ0v) is 12.8. The van der Waals surface area contributed by atoms with Crippen LogP contribution in [0.15, 0.2) is 18.5 Å².